The number of hydrogen-bond donors (Lipinski definition) is 1. The monoisotopic (exact) mass is 241 g/mol. The van der Waals surface area contributed by atoms with Gasteiger partial charge in [-0.25, -0.2) is 0 Å². The second-order valence-electron chi connectivity index (χ2n) is 5.01. The zero-order valence-corrected chi connectivity index (χ0v) is 10.9. The SMILES string of the molecule is CC(C)(C)C1CSc2ccc(Cl)cc2N1. The van der Waals surface area contributed by atoms with Gasteiger partial charge < -0.3 is 5.32 Å². The number of rotatable bonds is 0. The second-order valence-corrected chi connectivity index (χ2v) is 6.51. The summed E-state index contributed by atoms with van der Waals surface area (Å²) in [5, 5.41) is 4.37. The normalized spacial score (nSPS) is 20.7. The van der Waals surface area contributed by atoms with Gasteiger partial charge in [-0.05, 0) is 23.6 Å². The third kappa shape index (κ3) is 2.43. The molecule has 0 aliphatic carbocycles. The number of nitrogens with one attached hydrogen (secondary N) is 1. The summed E-state index contributed by atoms with van der Waals surface area (Å²) in [6.45, 7) is 6.79. The van der Waals surface area contributed by atoms with Crippen molar-refractivity contribution in [1.29, 1.82) is 0 Å². The van der Waals surface area contributed by atoms with Crippen molar-refractivity contribution in [2.45, 2.75) is 31.7 Å². The highest BCUT2D eigenvalue weighted by molar-refractivity contribution is 7.99. The van der Waals surface area contributed by atoms with E-state index in [1.807, 2.05) is 23.9 Å². The molecule has 1 unspecified atom stereocenters. The molecular formula is C12H16ClNS. The van der Waals surface area contributed by atoms with Crippen molar-refractivity contribution in [1.82, 2.24) is 0 Å². The van der Waals surface area contributed by atoms with Gasteiger partial charge in [0.1, 0.15) is 0 Å². The highest BCUT2D eigenvalue weighted by atomic mass is 35.5. The van der Waals surface area contributed by atoms with E-state index in [9.17, 15) is 0 Å². The standard InChI is InChI=1S/C12H16ClNS/c1-12(2,3)11-7-15-10-5-4-8(13)6-9(10)14-11/h4-6,11,14H,7H2,1-3H3. The summed E-state index contributed by atoms with van der Waals surface area (Å²) in [5.74, 6) is 1.12. The minimum atomic E-state index is 0.285. The number of anilines is 1. The molecule has 1 aromatic carbocycles. The molecule has 1 nitrogen and oxygen atoms in total. The van der Waals surface area contributed by atoms with E-state index in [1.165, 1.54) is 10.6 Å². The smallest absolute Gasteiger partial charge is 0.0495 e. The molecule has 0 aromatic heterocycles. The first-order valence-electron chi connectivity index (χ1n) is 5.16. The minimum Gasteiger partial charge on any atom is -0.380 e. The van der Waals surface area contributed by atoms with Gasteiger partial charge in [-0.15, -0.1) is 11.8 Å². The predicted octanol–water partition coefficient (Wildman–Crippen LogP) is 4.27. The van der Waals surface area contributed by atoms with E-state index in [2.05, 4.69) is 32.2 Å². The lowest BCUT2D eigenvalue weighted by molar-refractivity contribution is 0.362. The predicted molar refractivity (Wildman–Crippen MR) is 69.0 cm³/mol. The lowest BCUT2D eigenvalue weighted by atomic mass is 9.87. The van der Waals surface area contributed by atoms with E-state index < -0.39 is 0 Å². The number of hydrogen-bond acceptors (Lipinski definition) is 2. The molecule has 1 heterocycles. The molecule has 1 atom stereocenters. The second kappa shape index (κ2) is 3.91. The molecule has 0 amide bonds. The molecule has 0 fully saturated rings. The topological polar surface area (TPSA) is 12.0 Å². The lowest BCUT2D eigenvalue weighted by Crippen LogP contribution is -2.38. The van der Waals surface area contributed by atoms with Crippen LogP contribution in [0.4, 0.5) is 5.69 Å². The molecule has 15 heavy (non-hydrogen) atoms. The molecule has 3 heteroatoms. The molecular weight excluding hydrogens is 226 g/mol. The van der Waals surface area contributed by atoms with Crippen molar-refractivity contribution in [3.63, 3.8) is 0 Å². The number of fused-ring (bicyclic) bond motifs is 1. The van der Waals surface area contributed by atoms with E-state index in [-0.39, 0.29) is 5.41 Å². The van der Waals surface area contributed by atoms with Crippen LogP contribution in [0, 0.1) is 5.41 Å². The largest absolute Gasteiger partial charge is 0.380 e. The first-order chi connectivity index (χ1) is 6.97. The Morgan fingerprint density at radius 1 is 1.40 bits per heavy atom. The Bertz CT molecular complexity index is 370. The third-order valence-corrected chi connectivity index (χ3v) is 4.12. The fraction of sp³-hybridized carbons (Fsp3) is 0.500. The van der Waals surface area contributed by atoms with Crippen molar-refractivity contribution < 1.29 is 0 Å². The summed E-state index contributed by atoms with van der Waals surface area (Å²) >= 11 is 7.90. The van der Waals surface area contributed by atoms with Gasteiger partial charge in [-0.1, -0.05) is 32.4 Å². The van der Waals surface area contributed by atoms with E-state index >= 15 is 0 Å². The fourth-order valence-electron chi connectivity index (χ4n) is 1.61. The number of halogens is 1. The zero-order chi connectivity index (χ0) is 11.1. The van der Waals surface area contributed by atoms with Crippen LogP contribution in [0.3, 0.4) is 0 Å². The Balaban J connectivity index is 2.26. The Morgan fingerprint density at radius 3 is 2.80 bits per heavy atom. The first kappa shape index (κ1) is 11.2. The fourth-order valence-corrected chi connectivity index (χ4v) is 3.15. The Kier molecular flexibility index (Phi) is 2.91. The van der Waals surface area contributed by atoms with E-state index in [0.29, 0.717) is 6.04 Å². The molecule has 1 N–H and O–H groups in total. The van der Waals surface area contributed by atoms with Crippen LogP contribution >= 0.6 is 23.4 Å². The van der Waals surface area contributed by atoms with E-state index in [1.54, 1.807) is 0 Å². The van der Waals surface area contributed by atoms with Gasteiger partial charge in [0.25, 0.3) is 0 Å². The maximum Gasteiger partial charge on any atom is 0.0495 e. The molecule has 0 radical (unpaired) electrons. The average Bonchev–Trinajstić information content (AvgIpc) is 2.15. The van der Waals surface area contributed by atoms with Crippen molar-refractivity contribution in [3.05, 3.63) is 23.2 Å². The highest BCUT2D eigenvalue weighted by Gasteiger charge is 2.28. The molecule has 1 aliphatic rings. The van der Waals surface area contributed by atoms with Crippen LogP contribution in [-0.2, 0) is 0 Å². The van der Waals surface area contributed by atoms with E-state index in [0.717, 1.165) is 10.8 Å². The molecule has 82 valence electrons. The molecule has 0 saturated carbocycles. The molecule has 0 saturated heterocycles. The van der Waals surface area contributed by atoms with Crippen molar-refractivity contribution in [2.24, 2.45) is 5.41 Å². The molecule has 2 rings (SSSR count). The van der Waals surface area contributed by atoms with Gasteiger partial charge in [-0.3, -0.25) is 0 Å². The van der Waals surface area contributed by atoms with Crippen molar-refractivity contribution >= 4 is 29.1 Å². The Hall–Kier alpha value is -0.340. The highest BCUT2D eigenvalue weighted by Crippen LogP contribution is 2.39. The average molecular weight is 242 g/mol. The van der Waals surface area contributed by atoms with Crippen LogP contribution in [0.1, 0.15) is 20.8 Å². The van der Waals surface area contributed by atoms with Gasteiger partial charge in [0.15, 0.2) is 0 Å². The van der Waals surface area contributed by atoms with Gasteiger partial charge in [0.05, 0.1) is 0 Å². The quantitative estimate of drug-likeness (QED) is 0.728. The first-order valence-corrected chi connectivity index (χ1v) is 6.52. The summed E-state index contributed by atoms with van der Waals surface area (Å²) in [7, 11) is 0. The summed E-state index contributed by atoms with van der Waals surface area (Å²) in [4.78, 5) is 1.31. The maximum absolute atomic E-state index is 5.99. The van der Waals surface area contributed by atoms with Crippen LogP contribution in [0.25, 0.3) is 0 Å². The third-order valence-electron chi connectivity index (χ3n) is 2.72. The maximum atomic E-state index is 5.99. The summed E-state index contributed by atoms with van der Waals surface area (Å²) in [6, 6.07) is 6.57. The zero-order valence-electron chi connectivity index (χ0n) is 9.30. The van der Waals surface area contributed by atoms with Gasteiger partial charge in [0, 0.05) is 27.4 Å². The van der Waals surface area contributed by atoms with Crippen LogP contribution in [0.5, 0.6) is 0 Å². The molecule has 0 bridgehead atoms. The summed E-state index contributed by atoms with van der Waals surface area (Å²) < 4.78 is 0. The Morgan fingerprint density at radius 2 is 2.13 bits per heavy atom. The van der Waals surface area contributed by atoms with Crippen LogP contribution in [0.2, 0.25) is 5.02 Å². The lowest BCUT2D eigenvalue weighted by Gasteiger charge is -2.36. The van der Waals surface area contributed by atoms with Gasteiger partial charge >= 0.3 is 0 Å². The number of thioether (sulfide) groups is 1. The van der Waals surface area contributed by atoms with Gasteiger partial charge in [-0.2, -0.15) is 0 Å². The summed E-state index contributed by atoms with van der Waals surface area (Å²) in [6.07, 6.45) is 0. The minimum absolute atomic E-state index is 0.285. The van der Waals surface area contributed by atoms with Crippen LogP contribution in [0.15, 0.2) is 23.1 Å². The number of benzene rings is 1. The van der Waals surface area contributed by atoms with Crippen molar-refractivity contribution in [3.8, 4) is 0 Å². The molecule has 1 aliphatic heterocycles. The van der Waals surface area contributed by atoms with Crippen LogP contribution in [-0.4, -0.2) is 11.8 Å². The summed E-state index contributed by atoms with van der Waals surface area (Å²) in [5.41, 5.74) is 1.46. The van der Waals surface area contributed by atoms with Crippen LogP contribution < -0.4 is 5.32 Å². The van der Waals surface area contributed by atoms with Crippen molar-refractivity contribution in [2.75, 3.05) is 11.1 Å². The van der Waals surface area contributed by atoms with Gasteiger partial charge in [0.2, 0.25) is 0 Å². The Labute approximate surface area is 101 Å². The van der Waals surface area contributed by atoms with E-state index in [4.69, 9.17) is 11.6 Å². The molecule has 1 aromatic rings. The molecule has 0 spiro atoms.